The number of carbonyl (C=O) groups excluding carboxylic acids is 3. The van der Waals surface area contributed by atoms with E-state index in [9.17, 15) is 14.4 Å². The SMILES string of the molecule is O=C(COC(=O)[C@H]1CC(=O)N(c2ccc3ccccc3c2)C1)c1ccc(Cl)cc1. The summed E-state index contributed by atoms with van der Waals surface area (Å²) in [5, 5.41) is 2.63. The number of esters is 1. The van der Waals surface area contributed by atoms with Crippen molar-refractivity contribution in [1.82, 2.24) is 0 Å². The second kappa shape index (κ2) is 8.05. The molecule has 1 saturated heterocycles. The normalized spacial score (nSPS) is 16.2. The molecule has 0 spiro atoms. The van der Waals surface area contributed by atoms with Crippen molar-refractivity contribution >= 4 is 45.7 Å². The predicted molar refractivity (Wildman–Crippen MR) is 111 cm³/mol. The standard InChI is InChI=1S/C23H18ClNO4/c24-19-8-5-16(6-9-19)21(26)14-29-23(28)18-12-22(27)25(13-18)20-10-7-15-3-1-2-4-17(15)11-20/h1-11,18H,12-14H2/t18-/m0/s1. The number of carbonyl (C=O) groups is 3. The lowest BCUT2D eigenvalue weighted by molar-refractivity contribution is -0.147. The molecule has 29 heavy (non-hydrogen) atoms. The Kier molecular flexibility index (Phi) is 5.32. The summed E-state index contributed by atoms with van der Waals surface area (Å²) < 4.78 is 5.17. The molecule has 6 heteroatoms. The maximum atomic E-state index is 12.5. The zero-order chi connectivity index (χ0) is 20.4. The van der Waals surface area contributed by atoms with Crippen LogP contribution in [0.5, 0.6) is 0 Å². The highest BCUT2D eigenvalue weighted by Crippen LogP contribution is 2.28. The van der Waals surface area contributed by atoms with E-state index in [0.29, 0.717) is 10.6 Å². The van der Waals surface area contributed by atoms with Crippen molar-refractivity contribution in [1.29, 1.82) is 0 Å². The molecule has 4 rings (SSSR count). The van der Waals surface area contributed by atoms with Crippen molar-refractivity contribution in [2.75, 3.05) is 18.1 Å². The van der Waals surface area contributed by atoms with Gasteiger partial charge in [0.05, 0.1) is 5.92 Å². The first-order valence-electron chi connectivity index (χ1n) is 9.26. The molecule has 0 radical (unpaired) electrons. The van der Waals surface area contributed by atoms with Gasteiger partial charge in [-0.2, -0.15) is 0 Å². The summed E-state index contributed by atoms with van der Waals surface area (Å²) >= 11 is 5.81. The van der Waals surface area contributed by atoms with E-state index in [4.69, 9.17) is 16.3 Å². The van der Waals surface area contributed by atoms with Gasteiger partial charge in [-0.05, 0) is 47.2 Å². The van der Waals surface area contributed by atoms with Crippen LogP contribution in [0.2, 0.25) is 5.02 Å². The molecule has 0 N–H and O–H groups in total. The summed E-state index contributed by atoms with van der Waals surface area (Å²) in [6, 6.07) is 20.0. The van der Waals surface area contributed by atoms with Gasteiger partial charge in [-0.15, -0.1) is 0 Å². The molecule has 5 nitrogen and oxygen atoms in total. The zero-order valence-corrected chi connectivity index (χ0v) is 16.3. The molecule has 3 aromatic rings. The van der Waals surface area contributed by atoms with Crippen LogP contribution in [-0.2, 0) is 14.3 Å². The zero-order valence-electron chi connectivity index (χ0n) is 15.5. The van der Waals surface area contributed by atoms with Crippen molar-refractivity contribution < 1.29 is 19.1 Å². The van der Waals surface area contributed by atoms with Gasteiger partial charge in [0, 0.05) is 29.2 Å². The second-order valence-electron chi connectivity index (χ2n) is 6.97. The third kappa shape index (κ3) is 4.15. The average Bonchev–Trinajstić information content (AvgIpc) is 3.13. The smallest absolute Gasteiger partial charge is 0.311 e. The lowest BCUT2D eigenvalue weighted by atomic mass is 10.1. The van der Waals surface area contributed by atoms with E-state index >= 15 is 0 Å². The summed E-state index contributed by atoms with van der Waals surface area (Å²) in [7, 11) is 0. The van der Waals surface area contributed by atoms with Crippen LogP contribution in [0, 0.1) is 5.92 Å². The van der Waals surface area contributed by atoms with Crippen LogP contribution in [0.15, 0.2) is 66.7 Å². The Balaban J connectivity index is 1.39. The maximum Gasteiger partial charge on any atom is 0.311 e. The van der Waals surface area contributed by atoms with Crippen LogP contribution in [0.3, 0.4) is 0 Å². The quantitative estimate of drug-likeness (QED) is 0.468. The third-order valence-corrected chi connectivity index (χ3v) is 5.27. The third-order valence-electron chi connectivity index (χ3n) is 5.01. The second-order valence-corrected chi connectivity index (χ2v) is 7.41. The van der Waals surface area contributed by atoms with Gasteiger partial charge in [-0.1, -0.05) is 41.9 Å². The molecule has 1 fully saturated rings. The summed E-state index contributed by atoms with van der Waals surface area (Å²) in [4.78, 5) is 38.6. The van der Waals surface area contributed by atoms with Gasteiger partial charge in [0.1, 0.15) is 0 Å². The number of ketones is 1. The van der Waals surface area contributed by atoms with Gasteiger partial charge in [0.2, 0.25) is 5.91 Å². The Bertz CT molecular complexity index is 1090. The van der Waals surface area contributed by atoms with Crippen molar-refractivity contribution in [2.45, 2.75) is 6.42 Å². The Morgan fingerprint density at radius 1 is 1.00 bits per heavy atom. The number of hydrogen-bond acceptors (Lipinski definition) is 4. The molecule has 1 heterocycles. The van der Waals surface area contributed by atoms with Crippen molar-refractivity contribution in [3.63, 3.8) is 0 Å². The van der Waals surface area contributed by atoms with Gasteiger partial charge in [-0.25, -0.2) is 0 Å². The summed E-state index contributed by atoms with van der Waals surface area (Å²) in [6.07, 6.45) is 0.0702. The van der Waals surface area contributed by atoms with Crippen molar-refractivity contribution in [3.05, 3.63) is 77.3 Å². The Morgan fingerprint density at radius 3 is 2.48 bits per heavy atom. The van der Waals surface area contributed by atoms with E-state index in [1.807, 2.05) is 42.5 Å². The lowest BCUT2D eigenvalue weighted by Crippen LogP contribution is -2.27. The molecule has 0 bridgehead atoms. The first kappa shape index (κ1) is 19.2. The lowest BCUT2D eigenvalue weighted by Gasteiger charge is -2.17. The van der Waals surface area contributed by atoms with Crippen LogP contribution < -0.4 is 4.90 Å². The van der Waals surface area contributed by atoms with Gasteiger partial charge in [-0.3, -0.25) is 14.4 Å². The molecule has 146 valence electrons. The monoisotopic (exact) mass is 407 g/mol. The molecular weight excluding hydrogens is 390 g/mol. The molecule has 0 aromatic heterocycles. The molecule has 3 aromatic carbocycles. The van der Waals surface area contributed by atoms with Crippen LogP contribution in [-0.4, -0.2) is 30.8 Å². The minimum absolute atomic E-state index is 0.0702. The highest BCUT2D eigenvalue weighted by Gasteiger charge is 2.36. The predicted octanol–water partition coefficient (Wildman–Crippen LogP) is 4.27. The molecule has 1 amide bonds. The van der Waals surface area contributed by atoms with Gasteiger partial charge in [0.25, 0.3) is 0 Å². The van der Waals surface area contributed by atoms with E-state index in [-0.39, 0.29) is 31.3 Å². The fourth-order valence-electron chi connectivity index (χ4n) is 3.43. The summed E-state index contributed by atoms with van der Waals surface area (Å²) in [5.41, 5.74) is 1.17. The fourth-order valence-corrected chi connectivity index (χ4v) is 3.56. The first-order chi connectivity index (χ1) is 14.0. The van der Waals surface area contributed by atoms with E-state index in [1.165, 1.54) is 0 Å². The topological polar surface area (TPSA) is 63.7 Å². The maximum absolute atomic E-state index is 12.5. The number of nitrogens with zero attached hydrogens (tertiary/aromatic N) is 1. The number of ether oxygens (including phenoxy) is 1. The molecule has 1 aliphatic heterocycles. The highest BCUT2D eigenvalue weighted by atomic mass is 35.5. The molecule has 1 atom stereocenters. The number of fused-ring (bicyclic) bond motifs is 1. The minimum Gasteiger partial charge on any atom is -0.457 e. The van der Waals surface area contributed by atoms with Gasteiger partial charge >= 0.3 is 5.97 Å². The number of halogens is 1. The first-order valence-corrected chi connectivity index (χ1v) is 9.63. The van der Waals surface area contributed by atoms with E-state index < -0.39 is 11.9 Å². The molecule has 1 aliphatic rings. The van der Waals surface area contributed by atoms with Crippen LogP contribution in [0.1, 0.15) is 16.8 Å². The number of rotatable bonds is 5. The largest absolute Gasteiger partial charge is 0.457 e. The number of benzene rings is 3. The van der Waals surface area contributed by atoms with Crippen LogP contribution in [0.25, 0.3) is 10.8 Å². The summed E-state index contributed by atoms with van der Waals surface area (Å²) in [6.45, 7) is -0.119. The van der Waals surface area contributed by atoms with E-state index in [1.54, 1.807) is 29.2 Å². The highest BCUT2D eigenvalue weighted by molar-refractivity contribution is 6.30. The van der Waals surface area contributed by atoms with Gasteiger partial charge in [0.15, 0.2) is 12.4 Å². The van der Waals surface area contributed by atoms with Gasteiger partial charge < -0.3 is 9.64 Å². The molecule has 0 unspecified atom stereocenters. The number of anilines is 1. The van der Waals surface area contributed by atoms with Crippen LogP contribution >= 0.6 is 11.6 Å². The number of Topliss-reactive ketones (excluding diaryl/α,β-unsaturated/α-hetero) is 1. The molecule has 0 aliphatic carbocycles. The van der Waals surface area contributed by atoms with Crippen LogP contribution in [0.4, 0.5) is 5.69 Å². The Morgan fingerprint density at radius 2 is 1.72 bits per heavy atom. The Labute approximate surface area is 172 Å². The summed E-state index contributed by atoms with van der Waals surface area (Å²) in [5.74, 6) is -1.58. The number of amides is 1. The average molecular weight is 408 g/mol. The molecular formula is C23H18ClNO4. The van der Waals surface area contributed by atoms with E-state index in [2.05, 4.69) is 0 Å². The number of hydrogen-bond donors (Lipinski definition) is 0. The van der Waals surface area contributed by atoms with E-state index in [0.717, 1.165) is 16.5 Å². The Hall–Kier alpha value is -3.18. The molecule has 0 saturated carbocycles. The minimum atomic E-state index is -0.591. The fraction of sp³-hybridized carbons (Fsp3) is 0.174. The van der Waals surface area contributed by atoms with Crippen molar-refractivity contribution in [2.24, 2.45) is 5.92 Å². The van der Waals surface area contributed by atoms with Crippen molar-refractivity contribution in [3.8, 4) is 0 Å².